The third-order valence-corrected chi connectivity index (χ3v) is 5.73. The molecule has 128 valence electrons. The fourth-order valence-corrected chi connectivity index (χ4v) is 3.68. The second-order valence-corrected chi connectivity index (χ2v) is 8.33. The summed E-state index contributed by atoms with van der Waals surface area (Å²) in [5, 5.41) is 4.33. The number of rotatable bonds is 3. The minimum atomic E-state index is -3.18. The summed E-state index contributed by atoms with van der Waals surface area (Å²) in [5.74, 6) is 0. The molecule has 1 aromatic heterocycles. The number of hydrogen-bond donors (Lipinski definition) is 0. The van der Waals surface area contributed by atoms with Crippen molar-refractivity contribution in [3.8, 4) is 0 Å². The van der Waals surface area contributed by atoms with Crippen LogP contribution in [-0.2, 0) is 29.9 Å². The highest BCUT2D eigenvalue weighted by Gasteiger charge is 2.23. The van der Waals surface area contributed by atoms with Crippen LogP contribution in [0.25, 0.3) is 0 Å². The number of aromatic nitrogens is 2. The predicted octanol–water partition coefficient (Wildman–Crippen LogP) is 1.30. The maximum Gasteiger partial charge on any atom is 0.266 e. The highest BCUT2D eigenvalue weighted by molar-refractivity contribution is 7.90. The fourth-order valence-electron chi connectivity index (χ4n) is 3.05. The molecule has 0 saturated heterocycles. The molecule has 0 spiro atoms. The van der Waals surface area contributed by atoms with E-state index < -0.39 is 9.84 Å². The van der Waals surface area contributed by atoms with Crippen molar-refractivity contribution in [2.45, 2.75) is 30.8 Å². The Balaban J connectivity index is 1.82. The Kier molecular flexibility index (Phi) is 4.31. The van der Waals surface area contributed by atoms with Gasteiger partial charge in [-0.15, -0.1) is 0 Å². The zero-order chi connectivity index (χ0) is 17.5. The van der Waals surface area contributed by atoms with Gasteiger partial charge in [0.25, 0.3) is 5.56 Å². The predicted molar refractivity (Wildman–Crippen MR) is 91.6 cm³/mol. The average Bonchev–Trinajstić information content (AvgIpc) is 2.54. The molecule has 1 aromatic carbocycles. The summed E-state index contributed by atoms with van der Waals surface area (Å²) < 4.78 is 24.5. The first-order chi connectivity index (χ1) is 11.3. The Labute approximate surface area is 141 Å². The van der Waals surface area contributed by atoms with Gasteiger partial charge >= 0.3 is 0 Å². The number of sulfone groups is 1. The molecule has 0 bridgehead atoms. The molecule has 0 saturated carbocycles. The maximum absolute atomic E-state index is 11.8. The molecule has 0 aliphatic carbocycles. The lowest BCUT2D eigenvalue weighted by Gasteiger charge is -2.33. The molecular formula is C17H21N3O3S. The second-order valence-electron chi connectivity index (χ2n) is 6.32. The van der Waals surface area contributed by atoms with Crippen LogP contribution < -0.4 is 5.56 Å². The molecule has 2 aromatic rings. The summed E-state index contributed by atoms with van der Waals surface area (Å²) in [6.45, 7) is 3.62. The largest absolute Gasteiger partial charge is 0.292 e. The SMILES string of the molecule is C[C@@H](c1ccc(S(C)(=O)=O)cc1)N1CCc2nn(C)c(=O)cc2C1. The second kappa shape index (κ2) is 6.14. The van der Waals surface area contributed by atoms with Crippen molar-refractivity contribution >= 4 is 9.84 Å². The highest BCUT2D eigenvalue weighted by Crippen LogP contribution is 2.27. The van der Waals surface area contributed by atoms with Gasteiger partial charge in [-0.1, -0.05) is 12.1 Å². The lowest BCUT2D eigenvalue weighted by Crippen LogP contribution is -2.35. The van der Waals surface area contributed by atoms with Gasteiger partial charge in [0.2, 0.25) is 0 Å². The van der Waals surface area contributed by atoms with E-state index in [2.05, 4.69) is 16.9 Å². The van der Waals surface area contributed by atoms with E-state index in [9.17, 15) is 13.2 Å². The van der Waals surface area contributed by atoms with E-state index in [0.717, 1.165) is 29.8 Å². The van der Waals surface area contributed by atoms with Gasteiger partial charge in [0.1, 0.15) is 0 Å². The maximum atomic E-state index is 11.8. The van der Waals surface area contributed by atoms with E-state index >= 15 is 0 Å². The Morgan fingerprint density at radius 2 is 1.88 bits per heavy atom. The van der Waals surface area contributed by atoms with Crippen LogP contribution in [0.1, 0.15) is 29.8 Å². The van der Waals surface area contributed by atoms with Crippen LogP contribution in [-0.4, -0.2) is 35.9 Å². The molecule has 7 heteroatoms. The molecule has 0 radical (unpaired) electrons. The summed E-state index contributed by atoms with van der Waals surface area (Å²) in [6, 6.07) is 8.81. The van der Waals surface area contributed by atoms with Gasteiger partial charge in [0.05, 0.1) is 10.6 Å². The molecule has 1 atom stereocenters. The number of nitrogens with zero attached hydrogens (tertiary/aromatic N) is 3. The Morgan fingerprint density at radius 3 is 2.50 bits per heavy atom. The van der Waals surface area contributed by atoms with Crippen LogP contribution in [0.2, 0.25) is 0 Å². The van der Waals surface area contributed by atoms with Crippen LogP contribution in [0, 0.1) is 0 Å². The average molecular weight is 347 g/mol. The molecule has 0 N–H and O–H groups in total. The highest BCUT2D eigenvalue weighted by atomic mass is 32.2. The molecule has 24 heavy (non-hydrogen) atoms. The van der Waals surface area contributed by atoms with Crippen LogP contribution in [0.4, 0.5) is 0 Å². The van der Waals surface area contributed by atoms with E-state index in [-0.39, 0.29) is 11.6 Å². The molecule has 0 amide bonds. The van der Waals surface area contributed by atoms with Crippen molar-refractivity contribution in [3.05, 3.63) is 57.5 Å². The number of hydrogen-bond acceptors (Lipinski definition) is 5. The molecular weight excluding hydrogens is 326 g/mol. The van der Waals surface area contributed by atoms with Crippen LogP contribution >= 0.6 is 0 Å². The lowest BCUT2D eigenvalue weighted by molar-refractivity contribution is 0.189. The zero-order valence-corrected chi connectivity index (χ0v) is 14.9. The molecule has 6 nitrogen and oxygen atoms in total. The van der Waals surface area contributed by atoms with Gasteiger partial charge in [-0.25, -0.2) is 13.1 Å². The summed E-state index contributed by atoms with van der Waals surface area (Å²) in [7, 11) is -1.51. The zero-order valence-electron chi connectivity index (χ0n) is 14.1. The van der Waals surface area contributed by atoms with E-state index in [4.69, 9.17) is 0 Å². The minimum Gasteiger partial charge on any atom is -0.292 e. The van der Waals surface area contributed by atoms with Crippen molar-refractivity contribution in [1.29, 1.82) is 0 Å². The molecule has 1 aliphatic heterocycles. The third kappa shape index (κ3) is 3.27. The van der Waals surface area contributed by atoms with Gasteiger partial charge in [-0.05, 0) is 30.2 Å². The molecule has 3 rings (SSSR count). The number of aryl methyl sites for hydroxylation is 1. The third-order valence-electron chi connectivity index (χ3n) is 4.61. The lowest BCUT2D eigenvalue weighted by atomic mass is 10.0. The Bertz CT molecular complexity index is 917. The normalized spacial score (nSPS) is 16.6. The Morgan fingerprint density at radius 1 is 1.21 bits per heavy atom. The quantitative estimate of drug-likeness (QED) is 0.837. The van der Waals surface area contributed by atoms with Crippen molar-refractivity contribution in [1.82, 2.24) is 14.7 Å². The molecule has 0 fully saturated rings. The van der Waals surface area contributed by atoms with Crippen LogP contribution in [0.5, 0.6) is 0 Å². The van der Waals surface area contributed by atoms with Gasteiger partial charge in [-0.2, -0.15) is 5.10 Å². The van der Waals surface area contributed by atoms with E-state index in [1.54, 1.807) is 25.2 Å². The first-order valence-electron chi connectivity index (χ1n) is 7.86. The van der Waals surface area contributed by atoms with Gasteiger partial charge < -0.3 is 0 Å². The molecule has 1 aliphatic rings. The summed E-state index contributed by atoms with van der Waals surface area (Å²) in [6.07, 6.45) is 2.01. The van der Waals surface area contributed by atoms with Crippen molar-refractivity contribution in [3.63, 3.8) is 0 Å². The fraction of sp³-hybridized carbons (Fsp3) is 0.412. The van der Waals surface area contributed by atoms with Crippen molar-refractivity contribution < 1.29 is 8.42 Å². The van der Waals surface area contributed by atoms with Crippen molar-refractivity contribution in [2.75, 3.05) is 12.8 Å². The van der Waals surface area contributed by atoms with Crippen LogP contribution in [0.15, 0.2) is 40.0 Å². The molecule has 0 unspecified atom stereocenters. The van der Waals surface area contributed by atoms with Gasteiger partial charge in [0.15, 0.2) is 9.84 Å². The molecule has 2 heterocycles. The first-order valence-corrected chi connectivity index (χ1v) is 9.75. The van der Waals surface area contributed by atoms with E-state index in [1.807, 2.05) is 12.1 Å². The van der Waals surface area contributed by atoms with Gasteiger partial charge in [-0.3, -0.25) is 9.69 Å². The van der Waals surface area contributed by atoms with Crippen molar-refractivity contribution in [2.24, 2.45) is 7.05 Å². The van der Waals surface area contributed by atoms with Crippen LogP contribution in [0.3, 0.4) is 0 Å². The smallest absolute Gasteiger partial charge is 0.266 e. The number of fused-ring (bicyclic) bond motifs is 1. The van der Waals surface area contributed by atoms with E-state index in [1.165, 1.54) is 10.9 Å². The summed E-state index contributed by atoms with van der Waals surface area (Å²) >= 11 is 0. The van der Waals surface area contributed by atoms with Gasteiger partial charge in [0, 0.05) is 44.9 Å². The monoisotopic (exact) mass is 347 g/mol. The van der Waals surface area contributed by atoms with E-state index in [0.29, 0.717) is 11.4 Å². The topological polar surface area (TPSA) is 72.3 Å². The standard InChI is InChI=1S/C17H21N3O3S/c1-12(13-4-6-15(7-5-13)24(3,22)23)20-9-8-16-14(11-20)10-17(21)19(2)18-16/h4-7,10,12H,8-9,11H2,1-3H3/t12-/m0/s1. The minimum absolute atomic E-state index is 0.0965. The Hall–Kier alpha value is -1.99. The summed E-state index contributed by atoms with van der Waals surface area (Å²) in [4.78, 5) is 14.4. The summed E-state index contributed by atoms with van der Waals surface area (Å²) in [5.41, 5.74) is 2.92. The number of benzene rings is 1. The first kappa shape index (κ1) is 16.9.